The summed E-state index contributed by atoms with van der Waals surface area (Å²) in [6, 6.07) is 7.61. The van der Waals surface area contributed by atoms with Gasteiger partial charge in [0.15, 0.2) is 0 Å². The number of amides is 1. The molecule has 2 rings (SSSR count). The molecular formula is C15H13IN4O6S. The third kappa shape index (κ3) is 5.37. The summed E-state index contributed by atoms with van der Waals surface area (Å²) in [5.74, 6) is -0.552. The predicted octanol–water partition coefficient (Wildman–Crippen LogP) is 2.18. The normalized spacial score (nSPS) is 11.3. The van der Waals surface area contributed by atoms with Crippen molar-refractivity contribution >= 4 is 56.1 Å². The van der Waals surface area contributed by atoms with Crippen LogP contribution in [0.15, 0.2) is 46.4 Å². The second-order valence-electron chi connectivity index (χ2n) is 5.18. The Morgan fingerprint density at radius 1 is 1.30 bits per heavy atom. The largest absolute Gasteiger partial charge is 0.506 e. The van der Waals surface area contributed by atoms with Crippen molar-refractivity contribution in [2.24, 2.45) is 5.10 Å². The standard InChI is InChI=1S/C15H13IN4O6S/c1-9(21)18-11-2-4-13(5-3-11)27(25,26)19-17-8-10-6-12(20(23)24)7-14(16)15(10)22/h2-8,19,22H,1H3,(H,18,21)/b17-8+. The van der Waals surface area contributed by atoms with Gasteiger partial charge in [0.2, 0.25) is 5.91 Å². The van der Waals surface area contributed by atoms with Crippen molar-refractivity contribution in [2.75, 3.05) is 5.32 Å². The van der Waals surface area contributed by atoms with Gasteiger partial charge in [-0.1, -0.05) is 0 Å². The number of hydrazone groups is 1. The van der Waals surface area contributed by atoms with Crippen LogP contribution in [0, 0.1) is 13.7 Å². The number of phenolic OH excluding ortho intramolecular Hbond substituents is 1. The predicted molar refractivity (Wildman–Crippen MR) is 106 cm³/mol. The van der Waals surface area contributed by atoms with Crippen LogP contribution in [0.4, 0.5) is 11.4 Å². The van der Waals surface area contributed by atoms with Crippen molar-refractivity contribution in [2.45, 2.75) is 11.8 Å². The minimum absolute atomic E-state index is 0.0164. The minimum atomic E-state index is -4.00. The maximum Gasteiger partial charge on any atom is 0.276 e. The number of nitrogens with zero attached hydrogens (tertiary/aromatic N) is 2. The number of nitro groups is 1. The monoisotopic (exact) mass is 504 g/mol. The van der Waals surface area contributed by atoms with E-state index in [1.54, 1.807) is 22.6 Å². The summed E-state index contributed by atoms with van der Waals surface area (Å²) in [6.45, 7) is 1.32. The van der Waals surface area contributed by atoms with Gasteiger partial charge in [0.05, 0.1) is 19.6 Å². The summed E-state index contributed by atoms with van der Waals surface area (Å²) >= 11 is 1.71. The molecule has 0 aromatic heterocycles. The zero-order valence-corrected chi connectivity index (χ0v) is 16.7. The van der Waals surface area contributed by atoms with Crippen LogP contribution in [0.5, 0.6) is 5.75 Å². The number of nitro benzene ring substituents is 1. The van der Waals surface area contributed by atoms with Crippen LogP contribution in [0.3, 0.4) is 0 Å². The molecule has 12 heteroatoms. The molecule has 10 nitrogen and oxygen atoms in total. The van der Waals surface area contributed by atoms with E-state index in [0.29, 0.717) is 5.69 Å². The highest BCUT2D eigenvalue weighted by Crippen LogP contribution is 2.28. The quantitative estimate of drug-likeness (QED) is 0.238. The minimum Gasteiger partial charge on any atom is -0.506 e. The van der Waals surface area contributed by atoms with Crippen molar-refractivity contribution in [1.82, 2.24) is 4.83 Å². The molecule has 0 radical (unpaired) electrons. The van der Waals surface area contributed by atoms with E-state index < -0.39 is 14.9 Å². The van der Waals surface area contributed by atoms with Gasteiger partial charge < -0.3 is 10.4 Å². The highest BCUT2D eigenvalue weighted by Gasteiger charge is 2.15. The molecule has 0 fully saturated rings. The van der Waals surface area contributed by atoms with Crippen molar-refractivity contribution in [3.63, 3.8) is 0 Å². The van der Waals surface area contributed by atoms with Crippen LogP contribution in [-0.4, -0.2) is 30.6 Å². The highest BCUT2D eigenvalue weighted by molar-refractivity contribution is 14.1. The molecule has 1 amide bonds. The average molecular weight is 504 g/mol. The Morgan fingerprint density at radius 2 is 1.93 bits per heavy atom. The van der Waals surface area contributed by atoms with Gasteiger partial charge in [-0.05, 0) is 46.9 Å². The number of hydrogen-bond acceptors (Lipinski definition) is 7. The van der Waals surface area contributed by atoms with Crippen molar-refractivity contribution in [1.29, 1.82) is 0 Å². The van der Waals surface area contributed by atoms with E-state index in [2.05, 4.69) is 10.4 Å². The number of hydrogen-bond donors (Lipinski definition) is 3. The van der Waals surface area contributed by atoms with Crippen LogP contribution in [0.1, 0.15) is 12.5 Å². The van der Waals surface area contributed by atoms with Gasteiger partial charge in [0.1, 0.15) is 5.75 Å². The number of benzene rings is 2. The average Bonchev–Trinajstić information content (AvgIpc) is 2.58. The fourth-order valence-electron chi connectivity index (χ4n) is 1.95. The first-order valence-electron chi connectivity index (χ1n) is 7.19. The van der Waals surface area contributed by atoms with E-state index in [0.717, 1.165) is 12.3 Å². The number of carbonyl (C=O) groups excluding carboxylic acids is 1. The number of non-ortho nitro benzene ring substituents is 1. The molecule has 3 N–H and O–H groups in total. The summed E-state index contributed by atoms with van der Waals surface area (Å²) in [5.41, 5.74) is 0.147. The number of carbonyl (C=O) groups is 1. The summed E-state index contributed by atoms with van der Waals surface area (Å²) in [7, 11) is -4.00. The third-order valence-corrected chi connectivity index (χ3v) is 5.21. The first-order valence-corrected chi connectivity index (χ1v) is 9.76. The van der Waals surface area contributed by atoms with Crippen LogP contribution in [-0.2, 0) is 14.8 Å². The molecule has 27 heavy (non-hydrogen) atoms. The molecule has 2 aromatic carbocycles. The molecule has 0 aliphatic carbocycles. The Morgan fingerprint density at radius 3 is 2.48 bits per heavy atom. The molecule has 0 saturated carbocycles. The molecule has 0 spiro atoms. The smallest absolute Gasteiger partial charge is 0.276 e. The van der Waals surface area contributed by atoms with Gasteiger partial charge in [0.25, 0.3) is 15.7 Å². The highest BCUT2D eigenvalue weighted by atomic mass is 127. The zero-order chi connectivity index (χ0) is 20.2. The Kier molecular flexibility index (Phi) is 6.32. The lowest BCUT2D eigenvalue weighted by Crippen LogP contribution is -2.18. The summed E-state index contributed by atoms with van der Waals surface area (Å²) in [5, 5.41) is 26.8. The maximum atomic E-state index is 12.2. The number of halogens is 1. The molecule has 0 heterocycles. The maximum absolute atomic E-state index is 12.2. The summed E-state index contributed by atoms with van der Waals surface area (Å²) < 4.78 is 24.6. The molecule has 142 valence electrons. The first-order chi connectivity index (χ1) is 12.6. The topological polar surface area (TPSA) is 151 Å². The van der Waals surface area contributed by atoms with E-state index in [9.17, 15) is 28.4 Å². The van der Waals surface area contributed by atoms with E-state index in [1.165, 1.54) is 37.3 Å². The molecular weight excluding hydrogens is 491 g/mol. The number of sulfonamides is 1. The lowest BCUT2D eigenvalue weighted by Gasteiger charge is -2.06. The third-order valence-electron chi connectivity index (χ3n) is 3.15. The number of rotatable bonds is 6. The van der Waals surface area contributed by atoms with E-state index in [-0.39, 0.29) is 31.4 Å². The lowest BCUT2D eigenvalue weighted by atomic mass is 10.2. The van der Waals surface area contributed by atoms with Gasteiger partial charge in [-0.2, -0.15) is 13.5 Å². The van der Waals surface area contributed by atoms with Crippen molar-refractivity contribution < 1.29 is 23.2 Å². The Labute approximate surface area is 167 Å². The molecule has 0 bridgehead atoms. The van der Waals surface area contributed by atoms with Gasteiger partial charge >= 0.3 is 0 Å². The molecule has 2 aromatic rings. The Bertz CT molecular complexity index is 1020. The Balaban J connectivity index is 2.20. The summed E-state index contributed by atoms with van der Waals surface area (Å²) in [4.78, 5) is 23.0. The zero-order valence-electron chi connectivity index (χ0n) is 13.7. The van der Waals surface area contributed by atoms with Crippen LogP contribution < -0.4 is 10.1 Å². The molecule has 0 unspecified atom stereocenters. The van der Waals surface area contributed by atoms with E-state index in [1.807, 2.05) is 4.83 Å². The number of aromatic hydroxyl groups is 1. The van der Waals surface area contributed by atoms with Gasteiger partial charge in [-0.25, -0.2) is 4.83 Å². The van der Waals surface area contributed by atoms with Gasteiger partial charge in [0, 0.05) is 30.3 Å². The van der Waals surface area contributed by atoms with Crippen molar-refractivity contribution in [3.8, 4) is 5.75 Å². The summed E-state index contributed by atoms with van der Waals surface area (Å²) in [6.07, 6.45) is 0.966. The molecule has 0 atom stereocenters. The lowest BCUT2D eigenvalue weighted by molar-refractivity contribution is -0.385. The fourth-order valence-corrected chi connectivity index (χ4v) is 3.37. The molecule has 0 saturated heterocycles. The van der Waals surface area contributed by atoms with Gasteiger partial charge in [-0.15, -0.1) is 0 Å². The van der Waals surface area contributed by atoms with Crippen LogP contribution in [0.25, 0.3) is 0 Å². The van der Waals surface area contributed by atoms with Crippen LogP contribution >= 0.6 is 22.6 Å². The second-order valence-corrected chi connectivity index (χ2v) is 8.00. The Hall–Kier alpha value is -2.74. The number of anilines is 1. The van der Waals surface area contributed by atoms with Crippen LogP contribution in [0.2, 0.25) is 0 Å². The van der Waals surface area contributed by atoms with Gasteiger partial charge in [-0.3, -0.25) is 14.9 Å². The molecule has 0 aliphatic rings. The first kappa shape index (κ1) is 20.6. The number of phenols is 1. The molecule has 0 aliphatic heterocycles. The van der Waals surface area contributed by atoms with E-state index >= 15 is 0 Å². The number of nitrogens with one attached hydrogen (secondary N) is 2. The van der Waals surface area contributed by atoms with Crippen molar-refractivity contribution in [3.05, 3.63) is 55.6 Å². The second kappa shape index (κ2) is 8.30. The van der Waals surface area contributed by atoms with E-state index in [4.69, 9.17) is 0 Å². The SMILES string of the molecule is CC(=O)Nc1ccc(S(=O)(=O)N/N=C/c2cc([N+](=O)[O-])cc(I)c2O)cc1. The fraction of sp³-hybridized carbons (Fsp3) is 0.0667.